The van der Waals surface area contributed by atoms with Crippen LogP contribution in [0.4, 0.5) is 5.82 Å². The number of aromatic nitrogens is 3. The van der Waals surface area contributed by atoms with Crippen molar-refractivity contribution in [2.75, 3.05) is 5.43 Å². The Bertz CT molecular complexity index is 732. The molecule has 20 heavy (non-hydrogen) atoms. The number of hydrogen-bond acceptors (Lipinski definition) is 8. The lowest BCUT2D eigenvalue weighted by atomic mass is 10.4. The molecule has 104 valence electrons. The minimum atomic E-state index is 0.585. The summed E-state index contributed by atoms with van der Waals surface area (Å²) in [5.74, 6) is 8.27. The highest BCUT2D eigenvalue weighted by molar-refractivity contribution is 7.98. The average molecular weight is 307 g/mol. The van der Waals surface area contributed by atoms with Gasteiger partial charge in [-0.1, -0.05) is 11.8 Å². The summed E-state index contributed by atoms with van der Waals surface area (Å²) in [7, 11) is 0. The van der Waals surface area contributed by atoms with Crippen molar-refractivity contribution in [3.8, 4) is 0 Å². The summed E-state index contributed by atoms with van der Waals surface area (Å²) in [4.78, 5) is 14.2. The van der Waals surface area contributed by atoms with Crippen LogP contribution in [0.1, 0.15) is 17.3 Å². The van der Waals surface area contributed by atoms with E-state index in [1.165, 1.54) is 11.8 Å². The number of nitrogen functional groups attached to an aromatic ring is 1. The van der Waals surface area contributed by atoms with E-state index in [1.54, 1.807) is 11.3 Å². The fraction of sp³-hybridized carbons (Fsp3) is 0.250. The van der Waals surface area contributed by atoms with Crippen LogP contribution in [0.5, 0.6) is 0 Å². The van der Waals surface area contributed by atoms with Crippen molar-refractivity contribution >= 4 is 39.1 Å². The summed E-state index contributed by atoms with van der Waals surface area (Å²) < 4.78 is 5.52. The standard InChI is InChI=1S/C12H13N5OS2/c1-6-7(2)18-12(14-6)20-5-9-15-10(17-13)8-3-4-19-11(8)16-9/h3-4H,5,13H2,1-2H3,(H,15,16,17). The number of nitrogens with zero attached hydrogens (tertiary/aromatic N) is 3. The molecule has 3 N–H and O–H groups in total. The van der Waals surface area contributed by atoms with Gasteiger partial charge in [0.1, 0.15) is 16.4 Å². The Balaban J connectivity index is 1.83. The molecule has 0 unspecified atom stereocenters. The van der Waals surface area contributed by atoms with Gasteiger partial charge in [-0.25, -0.2) is 20.8 Å². The zero-order valence-corrected chi connectivity index (χ0v) is 12.6. The SMILES string of the molecule is Cc1nc(SCc2nc(NN)c3ccsc3n2)oc1C. The Hall–Kier alpha value is -1.64. The average Bonchev–Trinajstić information content (AvgIpc) is 3.03. The van der Waals surface area contributed by atoms with E-state index in [0.29, 0.717) is 22.6 Å². The van der Waals surface area contributed by atoms with Crippen molar-refractivity contribution in [2.24, 2.45) is 5.84 Å². The van der Waals surface area contributed by atoms with Crippen LogP contribution in [0.25, 0.3) is 10.2 Å². The summed E-state index contributed by atoms with van der Waals surface area (Å²) in [5, 5.41) is 3.55. The van der Waals surface area contributed by atoms with Gasteiger partial charge in [0.05, 0.1) is 16.8 Å². The molecule has 0 spiro atoms. The van der Waals surface area contributed by atoms with Crippen molar-refractivity contribution in [1.82, 2.24) is 15.0 Å². The van der Waals surface area contributed by atoms with E-state index in [1.807, 2.05) is 25.3 Å². The number of aryl methyl sites for hydroxylation is 2. The molecule has 3 aromatic rings. The van der Waals surface area contributed by atoms with Crippen LogP contribution in [0.3, 0.4) is 0 Å². The van der Waals surface area contributed by atoms with Crippen molar-refractivity contribution in [3.63, 3.8) is 0 Å². The van der Waals surface area contributed by atoms with Crippen LogP contribution in [0, 0.1) is 13.8 Å². The van der Waals surface area contributed by atoms with E-state index in [0.717, 1.165) is 21.7 Å². The predicted octanol–water partition coefficient (Wildman–Crippen LogP) is 2.87. The molecule has 0 saturated heterocycles. The van der Waals surface area contributed by atoms with Crippen molar-refractivity contribution in [1.29, 1.82) is 0 Å². The number of nitrogens with two attached hydrogens (primary N) is 1. The highest BCUT2D eigenvalue weighted by Crippen LogP contribution is 2.27. The number of thioether (sulfide) groups is 1. The number of nitrogens with one attached hydrogen (secondary N) is 1. The van der Waals surface area contributed by atoms with Crippen LogP contribution in [-0.2, 0) is 5.75 Å². The van der Waals surface area contributed by atoms with E-state index < -0.39 is 0 Å². The molecule has 8 heteroatoms. The molecule has 0 aliphatic rings. The second-order valence-corrected chi connectivity index (χ2v) is 6.00. The fourth-order valence-electron chi connectivity index (χ4n) is 1.71. The third kappa shape index (κ3) is 2.49. The maximum absolute atomic E-state index is 5.52. The summed E-state index contributed by atoms with van der Waals surface area (Å²) in [5.41, 5.74) is 3.52. The second-order valence-electron chi connectivity index (χ2n) is 4.18. The van der Waals surface area contributed by atoms with Gasteiger partial charge in [-0.3, -0.25) is 0 Å². The molecular formula is C12H13N5OS2. The van der Waals surface area contributed by atoms with E-state index in [4.69, 9.17) is 10.3 Å². The molecule has 3 aromatic heterocycles. The predicted molar refractivity (Wildman–Crippen MR) is 80.8 cm³/mol. The molecule has 0 aliphatic carbocycles. The third-order valence-corrected chi connectivity index (χ3v) is 4.47. The maximum atomic E-state index is 5.52. The van der Waals surface area contributed by atoms with E-state index in [-0.39, 0.29) is 0 Å². The maximum Gasteiger partial charge on any atom is 0.256 e. The first kappa shape index (κ1) is 13.3. The molecule has 0 amide bonds. The molecule has 0 aromatic carbocycles. The van der Waals surface area contributed by atoms with Gasteiger partial charge in [0.2, 0.25) is 0 Å². The molecule has 3 heterocycles. The first-order chi connectivity index (χ1) is 9.67. The molecule has 0 aliphatic heterocycles. The normalized spacial score (nSPS) is 11.2. The molecule has 3 rings (SSSR count). The van der Waals surface area contributed by atoms with Crippen molar-refractivity contribution < 1.29 is 4.42 Å². The minimum absolute atomic E-state index is 0.585. The van der Waals surface area contributed by atoms with Gasteiger partial charge in [0, 0.05) is 0 Å². The number of oxazole rings is 1. The van der Waals surface area contributed by atoms with Crippen molar-refractivity contribution in [3.05, 3.63) is 28.7 Å². The Labute approximate surface area is 123 Å². The minimum Gasteiger partial charge on any atom is -0.437 e. The van der Waals surface area contributed by atoms with E-state index in [9.17, 15) is 0 Å². The zero-order chi connectivity index (χ0) is 14.1. The molecule has 6 nitrogen and oxygen atoms in total. The lowest BCUT2D eigenvalue weighted by Crippen LogP contribution is -2.10. The lowest BCUT2D eigenvalue weighted by Gasteiger charge is -2.03. The van der Waals surface area contributed by atoms with Gasteiger partial charge >= 0.3 is 0 Å². The lowest BCUT2D eigenvalue weighted by molar-refractivity contribution is 0.431. The summed E-state index contributed by atoms with van der Waals surface area (Å²) in [6, 6.07) is 1.95. The van der Waals surface area contributed by atoms with Crippen LogP contribution in [0.2, 0.25) is 0 Å². The quantitative estimate of drug-likeness (QED) is 0.435. The summed E-state index contributed by atoms with van der Waals surface area (Å²) >= 11 is 3.04. The highest BCUT2D eigenvalue weighted by Gasteiger charge is 2.11. The van der Waals surface area contributed by atoms with Gasteiger partial charge < -0.3 is 9.84 Å². The number of rotatable bonds is 4. The first-order valence-corrected chi connectivity index (χ1v) is 7.81. The van der Waals surface area contributed by atoms with E-state index >= 15 is 0 Å². The Morgan fingerprint density at radius 3 is 2.90 bits per heavy atom. The number of anilines is 1. The van der Waals surface area contributed by atoms with Gasteiger partial charge in [0.25, 0.3) is 5.22 Å². The molecule has 0 bridgehead atoms. The van der Waals surface area contributed by atoms with Gasteiger partial charge in [-0.05, 0) is 25.3 Å². The highest BCUT2D eigenvalue weighted by atomic mass is 32.2. The number of fused-ring (bicyclic) bond motifs is 1. The third-order valence-electron chi connectivity index (χ3n) is 2.84. The number of thiophene rings is 1. The molecule has 0 radical (unpaired) electrons. The molecule has 0 saturated carbocycles. The van der Waals surface area contributed by atoms with Crippen LogP contribution in [0.15, 0.2) is 21.1 Å². The fourth-order valence-corrected chi connectivity index (χ4v) is 3.26. The van der Waals surface area contributed by atoms with E-state index in [2.05, 4.69) is 20.4 Å². The molecule has 0 atom stereocenters. The first-order valence-electron chi connectivity index (χ1n) is 5.95. The van der Waals surface area contributed by atoms with Gasteiger partial charge in [-0.2, -0.15) is 0 Å². The number of hydrogen-bond donors (Lipinski definition) is 2. The summed E-state index contributed by atoms with van der Waals surface area (Å²) in [6.45, 7) is 3.82. The van der Waals surface area contributed by atoms with Crippen LogP contribution in [-0.4, -0.2) is 15.0 Å². The van der Waals surface area contributed by atoms with Gasteiger partial charge in [0.15, 0.2) is 5.82 Å². The largest absolute Gasteiger partial charge is 0.437 e. The second kappa shape index (κ2) is 5.39. The topological polar surface area (TPSA) is 89.9 Å². The Morgan fingerprint density at radius 1 is 1.35 bits per heavy atom. The zero-order valence-electron chi connectivity index (χ0n) is 11.0. The Morgan fingerprint density at radius 2 is 2.20 bits per heavy atom. The van der Waals surface area contributed by atoms with Crippen molar-refractivity contribution in [2.45, 2.75) is 24.8 Å². The molecule has 0 fully saturated rings. The number of hydrazine groups is 1. The van der Waals surface area contributed by atoms with Crippen LogP contribution < -0.4 is 11.3 Å². The molecular weight excluding hydrogens is 294 g/mol. The van der Waals surface area contributed by atoms with Crippen LogP contribution >= 0.6 is 23.1 Å². The summed E-state index contributed by atoms with van der Waals surface area (Å²) in [6.07, 6.45) is 0. The van der Waals surface area contributed by atoms with Gasteiger partial charge in [-0.15, -0.1) is 11.3 Å². The smallest absolute Gasteiger partial charge is 0.256 e. The Kier molecular flexibility index (Phi) is 3.60. The monoisotopic (exact) mass is 307 g/mol.